The Bertz CT molecular complexity index is 995. The van der Waals surface area contributed by atoms with Gasteiger partial charge >= 0.3 is 0 Å². The van der Waals surface area contributed by atoms with E-state index in [1.807, 2.05) is 62.6 Å². The fraction of sp³-hybridized carbons (Fsp3) is 0.286. The van der Waals surface area contributed by atoms with E-state index in [2.05, 4.69) is 21.6 Å². The summed E-state index contributed by atoms with van der Waals surface area (Å²) in [4.78, 5) is 12.4. The summed E-state index contributed by atoms with van der Waals surface area (Å²) >= 11 is 7.63. The van der Waals surface area contributed by atoms with Crippen LogP contribution in [0.3, 0.4) is 0 Å². The molecule has 3 rings (SSSR count). The fourth-order valence-electron chi connectivity index (χ4n) is 3.00. The third-order valence-corrected chi connectivity index (χ3v) is 5.67. The zero-order valence-corrected chi connectivity index (χ0v) is 18.0. The Hall–Kier alpha value is -2.31. The van der Waals surface area contributed by atoms with Crippen molar-refractivity contribution >= 4 is 35.0 Å². The molecule has 1 heterocycles. The molecule has 0 atom stereocenters. The van der Waals surface area contributed by atoms with Crippen LogP contribution < -0.4 is 5.32 Å². The number of carbonyl (C=O) groups excluding carboxylic acids is 1. The maximum atomic E-state index is 12.4. The normalized spacial score (nSPS) is 10.9. The lowest BCUT2D eigenvalue weighted by Crippen LogP contribution is -2.15. The van der Waals surface area contributed by atoms with Crippen molar-refractivity contribution in [2.24, 2.45) is 0 Å². The van der Waals surface area contributed by atoms with E-state index in [-0.39, 0.29) is 11.7 Å². The topological polar surface area (TPSA) is 59.8 Å². The minimum Gasteiger partial charge on any atom is -0.325 e. The van der Waals surface area contributed by atoms with E-state index < -0.39 is 0 Å². The van der Waals surface area contributed by atoms with Gasteiger partial charge in [0.1, 0.15) is 0 Å². The number of carbonyl (C=O) groups is 1. The van der Waals surface area contributed by atoms with Gasteiger partial charge in [-0.1, -0.05) is 41.6 Å². The number of anilines is 1. The van der Waals surface area contributed by atoms with Crippen molar-refractivity contribution in [3.63, 3.8) is 0 Å². The quantitative estimate of drug-likeness (QED) is 0.558. The highest BCUT2D eigenvalue weighted by atomic mass is 35.5. The van der Waals surface area contributed by atoms with Gasteiger partial charge in [-0.2, -0.15) is 0 Å². The summed E-state index contributed by atoms with van der Waals surface area (Å²) in [5, 5.41) is 13.0. The van der Waals surface area contributed by atoms with Crippen molar-refractivity contribution in [3.05, 3.63) is 58.1 Å². The van der Waals surface area contributed by atoms with Crippen molar-refractivity contribution in [1.29, 1.82) is 0 Å². The minimum absolute atomic E-state index is 0.0689. The zero-order chi connectivity index (χ0) is 20.3. The second-order valence-corrected chi connectivity index (χ2v) is 8.08. The first kappa shape index (κ1) is 20.4. The molecule has 0 radical (unpaired) electrons. The Labute approximate surface area is 174 Å². The molecular weight excluding hydrogens is 392 g/mol. The van der Waals surface area contributed by atoms with Gasteiger partial charge in [-0.25, -0.2) is 0 Å². The number of halogens is 1. The van der Waals surface area contributed by atoms with Crippen LogP contribution in [0.4, 0.5) is 5.69 Å². The second-order valence-electron chi connectivity index (χ2n) is 6.73. The lowest BCUT2D eigenvalue weighted by Gasteiger charge is -2.09. The minimum atomic E-state index is -0.0689. The summed E-state index contributed by atoms with van der Waals surface area (Å²) in [5.41, 5.74) is 4.99. The van der Waals surface area contributed by atoms with Gasteiger partial charge in [-0.15, -0.1) is 10.2 Å². The highest BCUT2D eigenvalue weighted by Gasteiger charge is 2.15. The van der Waals surface area contributed by atoms with Gasteiger partial charge in [0.15, 0.2) is 11.0 Å². The average Bonchev–Trinajstić information content (AvgIpc) is 3.04. The van der Waals surface area contributed by atoms with Gasteiger partial charge < -0.3 is 9.88 Å². The summed E-state index contributed by atoms with van der Waals surface area (Å²) in [7, 11) is 0. The van der Waals surface area contributed by atoms with Gasteiger partial charge in [-0.05, 0) is 62.6 Å². The van der Waals surface area contributed by atoms with E-state index in [1.54, 1.807) is 0 Å². The first-order valence-corrected chi connectivity index (χ1v) is 10.4. The molecule has 0 spiro atoms. The number of nitrogens with zero attached hydrogens (tertiary/aromatic N) is 3. The van der Waals surface area contributed by atoms with Crippen LogP contribution >= 0.6 is 23.4 Å². The number of benzene rings is 2. The fourth-order valence-corrected chi connectivity index (χ4v) is 3.98. The van der Waals surface area contributed by atoms with Gasteiger partial charge in [0.2, 0.25) is 5.91 Å². The number of hydrogen-bond donors (Lipinski definition) is 1. The van der Waals surface area contributed by atoms with E-state index in [0.29, 0.717) is 16.7 Å². The maximum Gasteiger partial charge on any atom is 0.234 e. The predicted molar refractivity (Wildman–Crippen MR) is 116 cm³/mol. The van der Waals surface area contributed by atoms with Crippen LogP contribution in [-0.4, -0.2) is 26.4 Å². The van der Waals surface area contributed by atoms with E-state index in [1.165, 1.54) is 11.8 Å². The summed E-state index contributed by atoms with van der Waals surface area (Å²) in [6, 6.07) is 11.9. The molecule has 3 aromatic rings. The second kappa shape index (κ2) is 8.80. The Morgan fingerprint density at radius 1 is 1.11 bits per heavy atom. The lowest BCUT2D eigenvalue weighted by molar-refractivity contribution is -0.113. The van der Waals surface area contributed by atoms with E-state index in [0.717, 1.165) is 33.8 Å². The van der Waals surface area contributed by atoms with Crippen LogP contribution in [0.1, 0.15) is 23.6 Å². The summed E-state index contributed by atoms with van der Waals surface area (Å²) < 4.78 is 2.00. The van der Waals surface area contributed by atoms with E-state index in [9.17, 15) is 4.79 Å². The first-order valence-electron chi connectivity index (χ1n) is 9.08. The number of thioether (sulfide) groups is 1. The molecule has 0 saturated carbocycles. The summed E-state index contributed by atoms with van der Waals surface area (Å²) in [5.74, 6) is 0.946. The summed E-state index contributed by atoms with van der Waals surface area (Å²) in [6.07, 6.45) is 0. The lowest BCUT2D eigenvalue weighted by atomic mass is 10.1. The van der Waals surface area contributed by atoms with Crippen molar-refractivity contribution in [1.82, 2.24) is 14.8 Å². The van der Waals surface area contributed by atoms with Crippen LogP contribution in [0.25, 0.3) is 11.4 Å². The van der Waals surface area contributed by atoms with E-state index >= 15 is 0 Å². The van der Waals surface area contributed by atoms with Gasteiger partial charge in [0.05, 0.1) is 5.75 Å². The Kier molecular flexibility index (Phi) is 6.42. The maximum absolute atomic E-state index is 12.4. The Balaban J connectivity index is 1.71. The molecule has 0 aliphatic rings. The Morgan fingerprint density at radius 3 is 2.46 bits per heavy atom. The molecule has 1 amide bonds. The molecule has 0 saturated heterocycles. The number of aryl methyl sites for hydroxylation is 3. The van der Waals surface area contributed by atoms with Crippen molar-refractivity contribution < 1.29 is 4.79 Å². The van der Waals surface area contributed by atoms with Crippen LogP contribution in [-0.2, 0) is 11.3 Å². The van der Waals surface area contributed by atoms with Crippen LogP contribution in [0.15, 0.2) is 41.6 Å². The Morgan fingerprint density at radius 2 is 1.82 bits per heavy atom. The molecule has 0 aliphatic carbocycles. The molecular formula is C21H23ClN4OS. The van der Waals surface area contributed by atoms with Crippen molar-refractivity contribution in [2.75, 3.05) is 11.1 Å². The first-order chi connectivity index (χ1) is 13.4. The molecule has 2 aromatic carbocycles. The molecule has 0 fully saturated rings. The highest BCUT2D eigenvalue weighted by Crippen LogP contribution is 2.27. The van der Waals surface area contributed by atoms with E-state index in [4.69, 9.17) is 11.6 Å². The number of rotatable bonds is 6. The molecule has 146 valence electrons. The van der Waals surface area contributed by atoms with Crippen LogP contribution in [0.5, 0.6) is 0 Å². The predicted octanol–water partition coefficient (Wildman–Crippen LogP) is 5.27. The van der Waals surface area contributed by atoms with Gasteiger partial charge in [0, 0.05) is 22.8 Å². The number of aromatic nitrogens is 3. The third-order valence-electron chi connectivity index (χ3n) is 4.30. The molecule has 0 aliphatic heterocycles. The largest absolute Gasteiger partial charge is 0.325 e. The van der Waals surface area contributed by atoms with Crippen molar-refractivity contribution in [3.8, 4) is 11.4 Å². The number of hydrogen-bond acceptors (Lipinski definition) is 4. The van der Waals surface area contributed by atoms with Crippen LogP contribution in [0, 0.1) is 20.8 Å². The smallest absolute Gasteiger partial charge is 0.234 e. The molecule has 1 N–H and O–H groups in total. The molecule has 5 nitrogen and oxygen atoms in total. The van der Waals surface area contributed by atoms with Crippen LogP contribution in [0.2, 0.25) is 5.02 Å². The highest BCUT2D eigenvalue weighted by molar-refractivity contribution is 7.99. The molecule has 0 unspecified atom stereocenters. The molecule has 1 aromatic heterocycles. The molecule has 7 heteroatoms. The number of amides is 1. The number of nitrogens with one attached hydrogen (secondary N) is 1. The monoisotopic (exact) mass is 414 g/mol. The standard InChI is InChI=1S/C21H23ClN4OS/c1-5-26-20(16-7-6-15(4)18(22)11-16)24-25-21(26)28-12-19(27)23-17-9-13(2)8-14(3)10-17/h6-11H,5,12H2,1-4H3,(H,23,27). The molecule has 0 bridgehead atoms. The zero-order valence-electron chi connectivity index (χ0n) is 16.4. The van der Waals surface area contributed by atoms with Gasteiger partial charge in [0.25, 0.3) is 0 Å². The SMILES string of the molecule is CCn1c(SCC(=O)Nc2cc(C)cc(C)c2)nnc1-c1ccc(C)c(Cl)c1. The third kappa shape index (κ3) is 4.75. The van der Waals surface area contributed by atoms with Gasteiger partial charge in [-0.3, -0.25) is 4.79 Å². The molecule has 28 heavy (non-hydrogen) atoms. The van der Waals surface area contributed by atoms with Crippen molar-refractivity contribution in [2.45, 2.75) is 39.4 Å². The summed E-state index contributed by atoms with van der Waals surface area (Å²) in [6.45, 7) is 8.73. The average molecular weight is 415 g/mol.